The number of aryl methyl sites for hydroxylation is 1. The second-order valence-corrected chi connectivity index (χ2v) is 9.34. The van der Waals surface area contributed by atoms with E-state index in [1.165, 1.54) is 17.6 Å². The zero-order chi connectivity index (χ0) is 24.7. The molecule has 1 aromatic heterocycles. The van der Waals surface area contributed by atoms with E-state index >= 15 is 0 Å². The van der Waals surface area contributed by atoms with Crippen LogP contribution in [0.15, 0.2) is 35.6 Å². The lowest BCUT2D eigenvalue weighted by molar-refractivity contribution is -0.127. The van der Waals surface area contributed by atoms with Crippen molar-refractivity contribution in [2.75, 3.05) is 0 Å². The summed E-state index contributed by atoms with van der Waals surface area (Å²) < 4.78 is 4.26. The van der Waals surface area contributed by atoms with Crippen molar-refractivity contribution in [1.29, 1.82) is 0 Å². The van der Waals surface area contributed by atoms with Gasteiger partial charge < -0.3 is 31.9 Å². The van der Waals surface area contributed by atoms with Gasteiger partial charge in [0, 0.05) is 11.5 Å². The van der Waals surface area contributed by atoms with Gasteiger partial charge in [0.2, 0.25) is 5.78 Å². The fourth-order valence-corrected chi connectivity index (χ4v) is 5.75. The van der Waals surface area contributed by atoms with Crippen LogP contribution in [0.3, 0.4) is 0 Å². The molecule has 0 radical (unpaired) electrons. The lowest BCUT2D eigenvalue weighted by atomic mass is 9.62. The predicted molar refractivity (Wildman–Crippen MR) is 121 cm³/mol. The van der Waals surface area contributed by atoms with Gasteiger partial charge in [0.1, 0.15) is 22.8 Å². The number of nitrogens with two attached hydrogens (primary N) is 2. The predicted octanol–water partition coefficient (Wildman–Crippen LogP) is 0.976. The Kier molecular flexibility index (Phi) is 4.60. The molecule has 0 aliphatic heterocycles. The molecule has 2 aromatic carbocycles. The Balaban J connectivity index is 1.82. The topological polar surface area (TPSA) is 197 Å². The number of primary amides is 1. The van der Waals surface area contributed by atoms with Gasteiger partial charge in [0.25, 0.3) is 5.91 Å². The van der Waals surface area contributed by atoms with Gasteiger partial charge in [-0.25, -0.2) is 0 Å². The molecule has 34 heavy (non-hydrogen) atoms. The zero-order valence-electron chi connectivity index (χ0n) is 17.7. The number of aromatic nitrogens is 1. The van der Waals surface area contributed by atoms with Crippen LogP contribution in [0.25, 0.3) is 21.2 Å². The molecule has 1 heterocycles. The van der Waals surface area contributed by atoms with E-state index in [2.05, 4.69) is 4.37 Å². The summed E-state index contributed by atoms with van der Waals surface area (Å²) in [4.78, 5) is 38.7. The first-order chi connectivity index (χ1) is 16.0. The minimum atomic E-state index is -2.75. The molecule has 8 N–H and O–H groups in total. The molecular formula is C23H19N3O7S. The Bertz CT molecular complexity index is 1490. The number of nitrogens with zero attached hydrogens (tertiary/aromatic N) is 1. The molecule has 2 aliphatic carbocycles. The third-order valence-corrected chi connectivity index (χ3v) is 7.52. The van der Waals surface area contributed by atoms with Crippen molar-refractivity contribution >= 4 is 39.8 Å². The van der Waals surface area contributed by atoms with Crippen LogP contribution in [0.1, 0.15) is 21.6 Å². The molecule has 0 saturated heterocycles. The van der Waals surface area contributed by atoms with Crippen LogP contribution in [0.5, 0.6) is 11.5 Å². The standard InChI is InChI=1S/C23H19N3O7S/c1-7-4-13(34-26-7)9-2-3-12(27)15-10(9)5-8-6-11-17(24)19(29)16(22(25)32)21(31)23(11,33)20(30)14(8)18(15)28/h2-5,11,17,27-28,31,33H,6,24H2,1H3,(H2,25,32)/t11-,17+,23-/m0/s1. The first-order valence-corrected chi connectivity index (χ1v) is 11.0. The number of phenolic OH excluding ortho intramolecular Hbond substituents is 2. The number of rotatable bonds is 2. The highest BCUT2D eigenvalue weighted by Gasteiger charge is 2.60. The zero-order valence-corrected chi connectivity index (χ0v) is 18.5. The van der Waals surface area contributed by atoms with Crippen LogP contribution < -0.4 is 11.5 Å². The number of fused-ring (bicyclic) bond motifs is 3. The second kappa shape index (κ2) is 7.10. The Hall–Kier alpha value is -3.80. The van der Waals surface area contributed by atoms with E-state index in [1.807, 2.05) is 13.0 Å². The van der Waals surface area contributed by atoms with Gasteiger partial charge >= 0.3 is 0 Å². The van der Waals surface area contributed by atoms with Crippen molar-refractivity contribution in [3.63, 3.8) is 0 Å². The number of carbonyl (C=O) groups is 3. The fourth-order valence-electron chi connectivity index (χ4n) is 4.96. The van der Waals surface area contributed by atoms with E-state index in [9.17, 15) is 34.8 Å². The van der Waals surface area contributed by atoms with Crippen molar-refractivity contribution in [1.82, 2.24) is 4.37 Å². The lowest BCUT2D eigenvalue weighted by Crippen LogP contribution is -2.64. The highest BCUT2D eigenvalue weighted by molar-refractivity contribution is 7.09. The molecule has 0 spiro atoms. The second-order valence-electron chi connectivity index (χ2n) is 8.53. The van der Waals surface area contributed by atoms with Crippen LogP contribution >= 0.6 is 11.5 Å². The number of aliphatic hydroxyl groups excluding tert-OH is 1. The van der Waals surface area contributed by atoms with E-state index in [4.69, 9.17) is 11.5 Å². The summed E-state index contributed by atoms with van der Waals surface area (Å²) >= 11 is 1.22. The molecule has 0 bridgehead atoms. The molecule has 3 atom stereocenters. The average Bonchev–Trinajstić information content (AvgIpc) is 3.20. The summed E-state index contributed by atoms with van der Waals surface area (Å²) in [6.45, 7) is 1.82. The Morgan fingerprint density at radius 3 is 2.53 bits per heavy atom. The molecule has 11 heteroatoms. The molecule has 0 fully saturated rings. The summed E-state index contributed by atoms with van der Waals surface area (Å²) in [5.41, 5.74) is 8.82. The number of hydrogen-bond donors (Lipinski definition) is 6. The minimum Gasteiger partial charge on any atom is -0.508 e. The van der Waals surface area contributed by atoms with Crippen molar-refractivity contribution in [3.05, 3.63) is 52.4 Å². The summed E-state index contributed by atoms with van der Waals surface area (Å²) in [5.74, 6) is -6.90. The highest BCUT2D eigenvalue weighted by Crippen LogP contribution is 2.50. The highest BCUT2D eigenvalue weighted by atomic mass is 32.1. The number of Topliss-reactive ketones (excluding diaryl/α,β-unsaturated/α-hetero) is 2. The third kappa shape index (κ3) is 2.68. The molecular weight excluding hydrogens is 462 g/mol. The normalized spacial score (nSPS) is 24.3. The minimum absolute atomic E-state index is 0.0347. The van der Waals surface area contributed by atoms with Crippen molar-refractivity contribution in [2.24, 2.45) is 17.4 Å². The Morgan fingerprint density at radius 1 is 1.21 bits per heavy atom. The number of hydrogen-bond acceptors (Lipinski definition) is 10. The number of carbonyl (C=O) groups excluding carboxylic acids is 3. The van der Waals surface area contributed by atoms with Gasteiger partial charge in [-0.2, -0.15) is 4.37 Å². The molecule has 0 unspecified atom stereocenters. The fraction of sp³-hybridized carbons (Fsp3) is 0.217. The van der Waals surface area contributed by atoms with Crippen molar-refractivity contribution in [3.8, 4) is 21.9 Å². The van der Waals surface area contributed by atoms with Gasteiger partial charge in [-0.05, 0) is 60.1 Å². The maximum atomic E-state index is 13.5. The van der Waals surface area contributed by atoms with Crippen LogP contribution in [0.4, 0.5) is 0 Å². The third-order valence-electron chi connectivity index (χ3n) is 6.61. The van der Waals surface area contributed by atoms with Crippen LogP contribution in [0, 0.1) is 12.8 Å². The summed E-state index contributed by atoms with van der Waals surface area (Å²) in [6.07, 6.45) is -0.180. The molecule has 3 aromatic rings. The molecule has 174 valence electrons. The van der Waals surface area contributed by atoms with Gasteiger partial charge in [0.15, 0.2) is 11.4 Å². The van der Waals surface area contributed by atoms with Gasteiger partial charge in [0.05, 0.1) is 27.6 Å². The SMILES string of the molecule is Cc1cc(-c2ccc(O)c3c(O)c4c(cc23)C[C@H]2[C@@H](N)C(=O)C(C(N)=O)=C(O)[C@@]2(O)C4=O)sn1. The molecule has 5 rings (SSSR count). The molecule has 10 nitrogen and oxygen atoms in total. The number of ketones is 2. The van der Waals surface area contributed by atoms with Crippen LogP contribution in [-0.4, -0.2) is 53.9 Å². The van der Waals surface area contributed by atoms with E-state index in [0.717, 1.165) is 10.6 Å². The summed E-state index contributed by atoms with van der Waals surface area (Å²) in [5, 5.41) is 44.0. The van der Waals surface area contributed by atoms with Gasteiger partial charge in [-0.3, -0.25) is 14.4 Å². The van der Waals surface area contributed by atoms with Crippen LogP contribution in [-0.2, 0) is 16.0 Å². The summed E-state index contributed by atoms with van der Waals surface area (Å²) in [6, 6.07) is 4.92. The summed E-state index contributed by atoms with van der Waals surface area (Å²) in [7, 11) is 0. The largest absolute Gasteiger partial charge is 0.508 e. The number of aliphatic hydroxyl groups is 2. The van der Waals surface area contributed by atoms with E-state index in [-0.39, 0.29) is 28.7 Å². The van der Waals surface area contributed by atoms with Crippen LogP contribution in [0.2, 0.25) is 0 Å². The molecule has 2 aliphatic rings. The maximum absolute atomic E-state index is 13.5. The number of aromatic hydroxyl groups is 2. The number of benzene rings is 2. The smallest absolute Gasteiger partial charge is 0.255 e. The first-order valence-electron chi connectivity index (χ1n) is 10.2. The van der Waals surface area contributed by atoms with Gasteiger partial charge in [-0.1, -0.05) is 0 Å². The van der Waals surface area contributed by atoms with Crippen molar-refractivity contribution < 1.29 is 34.8 Å². The lowest BCUT2D eigenvalue weighted by Gasteiger charge is -2.44. The number of phenols is 2. The average molecular weight is 481 g/mol. The first kappa shape index (κ1) is 22.0. The maximum Gasteiger partial charge on any atom is 0.255 e. The quantitative estimate of drug-likeness (QED) is 0.289. The van der Waals surface area contributed by atoms with Crippen molar-refractivity contribution in [2.45, 2.75) is 25.0 Å². The van der Waals surface area contributed by atoms with E-state index in [0.29, 0.717) is 10.9 Å². The monoisotopic (exact) mass is 481 g/mol. The van der Waals surface area contributed by atoms with Gasteiger partial charge in [-0.15, -0.1) is 0 Å². The molecule has 0 saturated carbocycles. The number of amides is 1. The van der Waals surface area contributed by atoms with E-state index in [1.54, 1.807) is 12.1 Å². The Labute approximate surface area is 195 Å². The Morgan fingerprint density at radius 2 is 1.91 bits per heavy atom. The molecule has 1 amide bonds. The van der Waals surface area contributed by atoms with E-state index < -0.39 is 52.1 Å².